The first-order chi connectivity index (χ1) is 8.20. The minimum atomic E-state index is 0.698. The van der Waals surface area contributed by atoms with Gasteiger partial charge in [-0.25, -0.2) is 4.98 Å². The Kier molecular flexibility index (Phi) is 4.07. The van der Waals surface area contributed by atoms with Crippen LogP contribution < -0.4 is 5.32 Å². The smallest absolute Gasteiger partial charge is 0.207 e. The van der Waals surface area contributed by atoms with Crippen LogP contribution in [0.5, 0.6) is 0 Å². The van der Waals surface area contributed by atoms with E-state index in [0.717, 1.165) is 29.1 Å². The summed E-state index contributed by atoms with van der Waals surface area (Å²) in [5, 5.41) is 3.97. The summed E-state index contributed by atoms with van der Waals surface area (Å²) in [6.07, 6.45) is 4.82. The van der Waals surface area contributed by atoms with E-state index in [-0.39, 0.29) is 0 Å². The maximum atomic E-state index is 5.97. The van der Waals surface area contributed by atoms with Crippen molar-refractivity contribution < 1.29 is 0 Å². The van der Waals surface area contributed by atoms with Crippen LogP contribution in [0, 0.1) is 0 Å². The lowest BCUT2D eigenvalue weighted by molar-refractivity contribution is 0.686. The van der Waals surface area contributed by atoms with Crippen molar-refractivity contribution in [2.75, 3.05) is 5.32 Å². The minimum absolute atomic E-state index is 0.698. The summed E-state index contributed by atoms with van der Waals surface area (Å²) < 4.78 is 3.04. The van der Waals surface area contributed by atoms with Gasteiger partial charge in [0.2, 0.25) is 5.95 Å². The summed E-state index contributed by atoms with van der Waals surface area (Å²) in [4.78, 5) is 4.29. The molecule has 3 nitrogen and oxygen atoms in total. The van der Waals surface area contributed by atoms with Crippen molar-refractivity contribution in [3.63, 3.8) is 0 Å². The zero-order valence-electron chi connectivity index (χ0n) is 9.45. The Balaban J connectivity index is 2.25. The molecule has 1 aromatic carbocycles. The maximum Gasteiger partial charge on any atom is 0.207 e. The number of anilines is 2. The predicted molar refractivity (Wildman–Crippen MR) is 75.0 cm³/mol. The molecule has 0 unspecified atom stereocenters. The molecule has 0 fully saturated rings. The minimum Gasteiger partial charge on any atom is -0.325 e. The molecule has 1 heterocycles. The summed E-state index contributed by atoms with van der Waals surface area (Å²) in [5.41, 5.74) is 0.918. The molecule has 0 aliphatic heterocycles. The van der Waals surface area contributed by atoms with Crippen LogP contribution in [0.3, 0.4) is 0 Å². The molecule has 5 heteroatoms. The highest BCUT2D eigenvalue weighted by Gasteiger charge is 2.05. The number of rotatable bonds is 4. The number of hydrogen-bond acceptors (Lipinski definition) is 2. The lowest BCUT2D eigenvalue weighted by Crippen LogP contribution is -2.03. The largest absolute Gasteiger partial charge is 0.325 e. The number of aromatic nitrogens is 2. The molecule has 0 saturated heterocycles. The normalized spacial score (nSPS) is 10.5. The van der Waals surface area contributed by atoms with Gasteiger partial charge >= 0.3 is 0 Å². The van der Waals surface area contributed by atoms with Gasteiger partial charge < -0.3 is 9.88 Å². The van der Waals surface area contributed by atoms with Crippen LogP contribution in [0.4, 0.5) is 11.6 Å². The number of nitrogens with zero attached hydrogens (tertiary/aromatic N) is 2. The summed E-state index contributed by atoms with van der Waals surface area (Å²) in [6, 6.07) is 5.63. The molecule has 0 amide bonds. The van der Waals surface area contributed by atoms with E-state index in [2.05, 4.69) is 37.7 Å². The Labute approximate surface area is 114 Å². The number of halogens is 2. The van der Waals surface area contributed by atoms with Gasteiger partial charge in [-0.2, -0.15) is 0 Å². The SMILES string of the molecule is CCCn1ccnc1Nc1cc(Cl)ccc1Br. The van der Waals surface area contributed by atoms with Crippen molar-refractivity contribution in [1.82, 2.24) is 9.55 Å². The third kappa shape index (κ3) is 3.01. The molecule has 0 aliphatic rings. The van der Waals surface area contributed by atoms with Crippen LogP contribution in [0.2, 0.25) is 5.02 Å². The van der Waals surface area contributed by atoms with Crippen LogP contribution in [0.25, 0.3) is 0 Å². The van der Waals surface area contributed by atoms with E-state index in [1.807, 2.05) is 24.4 Å². The number of nitrogens with one attached hydrogen (secondary N) is 1. The van der Waals surface area contributed by atoms with Crippen molar-refractivity contribution in [2.24, 2.45) is 0 Å². The molecule has 0 bridgehead atoms. The fourth-order valence-electron chi connectivity index (χ4n) is 1.57. The van der Waals surface area contributed by atoms with Gasteiger partial charge in [0.1, 0.15) is 0 Å². The summed E-state index contributed by atoms with van der Waals surface area (Å²) >= 11 is 9.45. The van der Waals surface area contributed by atoms with Crippen LogP contribution in [0.1, 0.15) is 13.3 Å². The standard InChI is InChI=1S/C12H13BrClN3/c1-2-6-17-7-5-15-12(17)16-11-8-9(14)3-4-10(11)13/h3-5,7-8H,2,6H2,1H3,(H,15,16). The van der Waals surface area contributed by atoms with Gasteiger partial charge in [-0.15, -0.1) is 0 Å². The third-order valence-corrected chi connectivity index (χ3v) is 3.28. The second kappa shape index (κ2) is 5.56. The zero-order chi connectivity index (χ0) is 12.3. The van der Waals surface area contributed by atoms with E-state index in [1.54, 1.807) is 6.20 Å². The highest BCUT2D eigenvalue weighted by molar-refractivity contribution is 9.10. The maximum absolute atomic E-state index is 5.97. The van der Waals surface area contributed by atoms with E-state index in [0.29, 0.717) is 5.02 Å². The molecule has 0 saturated carbocycles. The van der Waals surface area contributed by atoms with E-state index in [9.17, 15) is 0 Å². The van der Waals surface area contributed by atoms with Crippen LogP contribution in [0.15, 0.2) is 35.1 Å². The molecular weight excluding hydrogens is 302 g/mol. The van der Waals surface area contributed by atoms with E-state index >= 15 is 0 Å². The Morgan fingerprint density at radius 2 is 2.29 bits per heavy atom. The fourth-order valence-corrected chi connectivity index (χ4v) is 2.09. The van der Waals surface area contributed by atoms with Crippen molar-refractivity contribution in [3.8, 4) is 0 Å². The molecule has 0 aliphatic carbocycles. The van der Waals surface area contributed by atoms with Crippen LogP contribution >= 0.6 is 27.5 Å². The number of hydrogen-bond donors (Lipinski definition) is 1. The molecule has 0 spiro atoms. The first-order valence-corrected chi connectivity index (χ1v) is 6.61. The zero-order valence-corrected chi connectivity index (χ0v) is 11.8. The van der Waals surface area contributed by atoms with Gasteiger partial charge in [0.25, 0.3) is 0 Å². The molecule has 0 radical (unpaired) electrons. The van der Waals surface area contributed by atoms with Crippen molar-refractivity contribution >= 4 is 39.2 Å². The van der Waals surface area contributed by atoms with Crippen LogP contribution in [-0.2, 0) is 6.54 Å². The molecule has 90 valence electrons. The Hall–Kier alpha value is -1.000. The van der Waals surface area contributed by atoms with Gasteiger partial charge in [0.05, 0.1) is 5.69 Å². The van der Waals surface area contributed by atoms with Gasteiger partial charge in [-0.1, -0.05) is 18.5 Å². The highest BCUT2D eigenvalue weighted by Crippen LogP contribution is 2.28. The lowest BCUT2D eigenvalue weighted by atomic mass is 10.3. The van der Waals surface area contributed by atoms with E-state index in [4.69, 9.17) is 11.6 Å². The van der Waals surface area contributed by atoms with E-state index < -0.39 is 0 Å². The lowest BCUT2D eigenvalue weighted by Gasteiger charge is -2.10. The molecule has 0 atom stereocenters. The van der Waals surface area contributed by atoms with Gasteiger partial charge in [-0.05, 0) is 40.5 Å². The number of imidazole rings is 1. The average molecular weight is 315 g/mol. The topological polar surface area (TPSA) is 29.9 Å². The Morgan fingerprint density at radius 1 is 1.47 bits per heavy atom. The first-order valence-electron chi connectivity index (χ1n) is 5.44. The van der Waals surface area contributed by atoms with E-state index in [1.165, 1.54) is 0 Å². The molecule has 2 aromatic rings. The Morgan fingerprint density at radius 3 is 3.06 bits per heavy atom. The first kappa shape index (κ1) is 12.5. The number of aryl methyl sites for hydroxylation is 1. The van der Waals surface area contributed by atoms with Gasteiger partial charge in [0, 0.05) is 28.4 Å². The summed E-state index contributed by atoms with van der Waals surface area (Å²) in [5.74, 6) is 0.829. The number of benzene rings is 1. The molecule has 17 heavy (non-hydrogen) atoms. The monoisotopic (exact) mass is 313 g/mol. The second-order valence-corrected chi connectivity index (χ2v) is 4.98. The van der Waals surface area contributed by atoms with Crippen molar-refractivity contribution in [3.05, 3.63) is 40.1 Å². The third-order valence-electron chi connectivity index (χ3n) is 2.35. The quantitative estimate of drug-likeness (QED) is 0.903. The van der Waals surface area contributed by atoms with Gasteiger partial charge in [0.15, 0.2) is 0 Å². The van der Waals surface area contributed by atoms with Crippen molar-refractivity contribution in [1.29, 1.82) is 0 Å². The van der Waals surface area contributed by atoms with Crippen LogP contribution in [-0.4, -0.2) is 9.55 Å². The second-order valence-electron chi connectivity index (χ2n) is 3.69. The fraction of sp³-hybridized carbons (Fsp3) is 0.250. The molecule has 1 N–H and O–H groups in total. The Bertz CT molecular complexity index is 510. The highest BCUT2D eigenvalue weighted by atomic mass is 79.9. The average Bonchev–Trinajstić information content (AvgIpc) is 2.72. The predicted octanol–water partition coefficient (Wildman–Crippen LogP) is 4.45. The molecular formula is C12H13BrClN3. The summed E-state index contributed by atoms with van der Waals surface area (Å²) in [7, 11) is 0. The van der Waals surface area contributed by atoms with Crippen molar-refractivity contribution in [2.45, 2.75) is 19.9 Å². The summed E-state index contributed by atoms with van der Waals surface area (Å²) in [6.45, 7) is 3.08. The molecule has 1 aromatic heterocycles. The van der Waals surface area contributed by atoms with Gasteiger partial charge in [-0.3, -0.25) is 0 Å². The molecule has 2 rings (SSSR count).